The third-order valence-electron chi connectivity index (χ3n) is 4.35. The Kier molecular flexibility index (Phi) is 7.26. The second-order valence-corrected chi connectivity index (χ2v) is 8.66. The Morgan fingerprint density at radius 3 is 2.52 bits per heavy atom. The monoisotopic (exact) mass is 393 g/mol. The fourth-order valence-electron chi connectivity index (χ4n) is 3.02. The number of nitrogens with one attached hydrogen (secondary N) is 3. The van der Waals surface area contributed by atoms with Crippen LogP contribution in [0, 0.1) is 0 Å². The van der Waals surface area contributed by atoms with Gasteiger partial charge in [0.25, 0.3) is 0 Å². The first-order valence-electron chi connectivity index (χ1n) is 8.91. The SMILES string of the molecule is CCNC(=O)[C@@H]1N[C@@H]([C@H](NC(=O)Cc2ccccc2)C(=O)OC)SC1(C)C. The van der Waals surface area contributed by atoms with Crippen LogP contribution in [0.3, 0.4) is 0 Å². The van der Waals surface area contributed by atoms with Crippen LogP contribution in [0.15, 0.2) is 30.3 Å². The zero-order chi connectivity index (χ0) is 20.0. The fraction of sp³-hybridized carbons (Fsp3) is 0.526. The van der Waals surface area contributed by atoms with E-state index in [0.717, 1.165) is 5.56 Å². The molecule has 1 fully saturated rings. The van der Waals surface area contributed by atoms with Crippen LogP contribution in [0.5, 0.6) is 0 Å². The standard InChI is InChI=1S/C19H27N3O4S/c1-5-20-16(24)15-19(2,3)27-17(22-15)14(18(25)26-4)21-13(23)11-12-9-7-6-8-10-12/h6-10,14-15,17,22H,5,11H2,1-4H3,(H,20,24)(H,21,23)/t14-,15-,17+/m0/s1. The molecule has 0 bridgehead atoms. The number of rotatable bonds is 7. The third-order valence-corrected chi connectivity index (χ3v) is 5.86. The van der Waals surface area contributed by atoms with Crippen molar-refractivity contribution in [3.63, 3.8) is 0 Å². The molecule has 8 heteroatoms. The summed E-state index contributed by atoms with van der Waals surface area (Å²) in [7, 11) is 1.28. The largest absolute Gasteiger partial charge is 0.467 e. The molecular weight excluding hydrogens is 366 g/mol. The number of amides is 2. The summed E-state index contributed by atoms with van der Waals surface area (Å²) >= 11 is 1.44. The fourth-order valence-corrected chi connectivity index (χ4v) is 4.50. The Labute approximate surface area is 164 Å². The van der Waals surface area contributed by atoms with E-state index in [9.17, 15) is 14.4 Å². The Bertz CT molecular complexity index is 681. The van der Waals surface area contributed by atoms with Crippen molar-refractivity contribution in [1.82, 2.24) is 16.0 Å². The van der Waals surface area contributed by atoms with E-state index < -0.39 is 28.2 Å². The van der Waals surface area contributed by atoms with Crippen LogP contribution in [0.2, 0.25) is 0 Å². The van der Waals surface area contributed by atoms with Gasteiger partial charge in [0.1, 0.15) is 6.04 Å². The maximum atomic E-state index is 12.4. The third kappa shape index (κ3) is 5.46. The van der Waals surface area contributed by atoms with E-state index in [1.54, 1.807) is 0 Å². The van der Waals surface area contributed by atoms with Crippen molar-refractivity contribution in [2.75, 3.05) is 13.7 Å². The van der Waals surface area contributed by atoms with Crippen LogP contribution in [0.1, 0.15) is 26.3 Å². The lowest BCUT2D eigenvalue weighted by molar-refractivity contribution is -0.145. The second-order valence-electron chi connectivity index (χ2n) is 6.87. The molecule has 1 saturated heterocycles. The number of likely N-dealkylation sites (N-methyl/N-ethyl adjacent to an activating group) is 1. The maximum absolute atomic E-state index is 12.4. The molecule has 0 unspecified atom stereocenters. The summed E-state index contributed by atoms with van der Waals surface area (Å²) in [5.41, 5.74) is 0.853. The highest BCUT2D eigenvalue weighted by Gasteiger charge is 2.49. The molecule has 2 amide bonds. The molecule has 0 spiro atoms. The zero-order valence-electron chi connectivity index (χ0n) is 16.1. The molecule has 1 aromatic carbocycles. The number of hydrogen-bond acceptors (Lipinski definition) is 6. The van der Waals surface area contributed by atoms with Crippen LogP contribution in [-0.4, -0.2) is 53.6 Å². The average Bonchev–Trinajstić information content (AvgIpc) is 2.95. The molecule has 3 N–H and O–H groups in total. The lowest BCUT2D eigenvalue weighted by atomic mass is 10.0. The highest BCUT2D eigenvalue weighted by atomic mass is 32.2. The number of ether oxygens (including phenoxy) is 1. The first kappa shape index (κ1) is 21.2. The van der Waals surface area contributed by atoms with Crippen molar-refractivity contribution >= 4 is 29.5 Å². The van der Waals surface area contributed by atoms with Crippen LogP contribution in [0.4, 0.5) is 0 Å². The Morgan fingerprint density at radius 1 is 1.26 bits per heavy atom. The predicted octanol–water partition coefficient (Wildman–Crippen LogP) is 0.833. The van der Waals surface area contributed by atoms with E-state index in [4.69, 9.17) is 4.74 Å². The lowest BCUT2D eigenvalue weighted by Gasteiger charge is -2.24. The van der Waals surface area contributed by atoms with E-state index in [2.05, 4.69) is 16.0 Å². The minimum Gasteiger partial charge on any atom is -0.467 e. The van der Waals surface area contributed by atoms with Gasteiger partial charge in [-0.3, -0.25) is 14.9 Å². The van der Waals surface area contributed by atoms with Crippen molar-refractivity contribution in [3.8, 4) is 0 Å². The van der Waals surface area contributed by atoms with Crippen molar-refractivity contribution in [3.05, 3.63) is 35.9 Å². The van der Waals surface area contributed by atoms with Crippen molar-refractivity contribution in [2.24, 2.45) is 0 Å². The van der Waals surface area contributed by atoms with Gasteiger partial charge in [-0.2, -0.15) is 0 Å². The molecule has 0 aromatic heterocycles. The molecule has 148 valence electrons. The summed E-state index contributed by atoms with van der Waals surface area (Å²) in [6, 6.07) is 7.91. The van der Waals surface area contributed by atoms with Crippen molar-refractivity contribution < 1.29 is 19.1 Å². The average molecular weight is 394 g/mol. The molecule has 7 nitrogen and oxygen atoms in total. The Balaban J connectivity index is 2.11. The smallest absolute Gasteiger partial charge is 0.330 e. The molecule has 1 aliphatic heterocycles. The topological polar surface area (TPSA) is 96.5 Å². The number of methoxy groups -OCH3 is 1. The number of carbonyl (C=O) groups excluding carboxylic acids is 3. The van der Waals surface area contributed by atoms with E-state index in [-0.39, 0.29) is 18.2 Å². The lowest BCUT2D eigenvalue weighted by Crippen LogP contribution is -2.56. The molecule has 1 aromatic rings. The van der Waals surface area contributed by atoms with Gasteiger partial charge < -0.3 is 15.4 Å². The zero-order valence-corrected chi connectivity index (χ0v) is 16.9. The summed E-state index contributed by atoms with van der Waals surface area (Å²) in [5.74, 6) is -0.955. The van der Waals surface area contributed by atoms with E-state index in [1.165, 1.54) is 18.9 Å². The number of benzene rings is 1. The Hall–Kier alpha value is -2.06. The first-order chi connectivity index (χ1) is 12.8. The molecule has 3 atom stereocenters. The normalized spacial score (nSPS) is 21.9. The summed E-state index contributed by atoms with van der Waals surface area (Å²) in [5, 5.41) is 8.27. The molecule has 2 rings (SSSR count). The van der Waals surface area contributed by atoms with Crippen molar-refractivity contribution in [1.29, 1.82) is 0 Å². The number of carbonyl (C=O) groups is 3. The molecule has 27 heavy (non-hydrogen) atoms. The summed E-state index contributed by atoms with van der Waals surface area (Å²) in [6.07, 6.45) is 0.162. The summed E-state index contributed by atoms with van der Waals surface area (Å²) < 4.78 is 4.44. The predicted molar refractivity (Wildman–Crippen MR) is 105 cm³/mol. The van der Waals surface area contributed by atoms with Gasteiger partial charge in [-0.25, -0.2) is 4.79 Å². The van der Waals surface area contributed by atoms with Gasteiger partial charge in [0.15, 0.2) is 6.04 Å². The first-order valence-corrected chi connectivity index (χ1v) is 9.79. The molecule has 0 radical (unpaired) electrons. The van der Waals surface area contributed by atoms with E-state index in [1.807, 2.05) is 51.1 Å². The van der Waals surface area contributed by atoms with Crippen LogP contribution >= 0.6 is 11.8 Å². The van der Waals surface area contributed by atoms with Gasteiger partial charge in [0, 0.05) is 11.3 Å². The minimum atomic E-state index is -0.894. The Morgan fingerprint density at radius 2 is 1.93 bits per heavy atom. The van der Waals surface area contributed by atoms with Crippen LogP contribution < -0.4 is 16.0 Å². The highest BCUT2D eigenvalue weighted by Crippen LogP contribution is 2.39. The number of hydrogen-bond donors (Lipinski definition) is 3. The molecule has 0 aliphatic carbocycles. The van der Waals surface area contributed by atoms with Gasteiger partial charge in [-0.05, 0) is 26.3 Å². The summed E-state index contributed by atoms with van der Waals surface area (Å²) in [6.45, 7) is 6.25. The molecular formula is C19H27N3O4S. The van der Waals surface area contributed by atoms with Crippen molar-refractivity contribution in [2.45, 2.75) is 49.4 Å². The number of esters is 1. The van der Waals surface area contributed by atoms with Crippen LogP contribution in [0.25, 0.3) is 0 Å². The highest BCUT2D eigenvalue weighted by molar-refractivity contribution is 8.01. The second kappa shape index (κ2) is 9.23. The van der Waals surface area contributed by atoms with Gasteiger partial charge in [-0.1, -0.05) is 30.3 Å². The summed E-state index contributed by atoms with van der Waals surface area (Å²) in [4.78, 5) is 37.1. The van der Waals surface area contributed by atoms with Gasteiger partial charge in [0.2, 0.25) is 11.8 Å². The minimum absolute atomic E-state index is 0.128. The van der Waals surface area contributed by atoms with Gasteiger partial charge in [0.05, 0.1) is 18.9 Å². The quantitative estimate of drug-likeness (QED) is 0.594. The van der Waals surface area contributed by atoms with E-state index >= 15 is 0 Å². The van der Waals surface area contributed by atoms with Crippen LogP contribution in [-0.2, 0) is 25.5 Å². The molecule has 0 saturated carbocycles. The number of thioether (sulfide) groups is 1. The van der Waals surface area contributed by atoms with Gasteiger partial charge >= 0.3 is 5.97 Å². The van der Waals surface area contributed by atoms with E-state index in [0.29, 0.717) is 6.54 Å². The molecule has 1 heterocycles. The van der Waals surface area contributed by atoms with Gasteiger partial charge in [-0.15, -0.1) is 11.8 Å². The maximum Gasteiger partial charge on any atom is 0.330 e. The molecule has 1 aliphatic rings.